The molecule has 5 rings (SSSR count). The molecule has 13 nitrogen and oxygen atoms in total. The molecule has 0 aliphatic heterocycles. The molecule has 4 saturated carbocycles. The molecule has 0 heterocycles. The van der Waals surface area contributed by atoms with E-state index in [0.29, 0.717) is 75.0 Å². The minimum Gasteiger partial charge on any atom is -0.378 e. The number of rotatable bonds is 22. The van der Waals surface area contributed by atoms with E-state index >= 15 is 0 Å². The molecule has 1 aromatic carbocycles. The smallest absolute Gasteiger partial charge is 0.185 e. The van der Waals surface area contributed by atoms with E-state index in [1.54, 1.807) is 0 Å². The molecule has 57 heavy (non-hydrogen) atoms. The largest absolute Gasteiger partial charge is 0.378 e. The zero-order chi connectivity index (χ0) is 41.0. The monoisotopic (exact) mass is 795 g/mol. The van der Waals surface area contributed by atoms with Crippen LogP contribution in [0.5, 0.6) is 0 Å². The molecule has 13 heteroatoms. The second kappa shape index (κ2) is 21.2. The highest BCUT2D eigenvalue weighted by Crippen LogP contribution is 2.69. The van der Waals surface area contributed by atoms with Crippen molar-refractivity contribution in [1.29, 1.82) is 16.2 Å². The summed E-state index contributed by atoms with van der Waals surface area (Å²) in [4.78, 5) is 2.46. The van der Waals surface area contributed by atoms with Crippen LogP contribution in [-0.2, 0) is 20.8 Å². The quantitative estimate of drug-likeness (QED) is 0.0425. The summed E-state index contributed by atoms with van der Waals surface area (Å²) in [7, 11) is 2.25. The summed E-state index contributed by atoms with van der Waals surface area (Å²) < 4.78 is 20.7. The Hall–Kier alpha value is -3.13. The van der Waals surface area contributed by atoms with Crippen molar-refractivity contribution in [2.75, 3.05) is 53.0 Å². The molecule has 0 saturated heterocycles. The van der Waals surface area contributed by atoms with Crippen molar-refractivity contribution in [3.05, 3.63) is 35.9 Å². The van der Waals surface area contributed by atoms with Crippen molar-refractivity contribution in [3.8, 4) is 0 Å². The zero-order valence-electron chi connectivity index (χ0n) is 35.6. The van der Waals surface area contributed by atoms with Crippen molar-refractivity contribution in [2.24, 2.45) is 63.5 Å². The molecule has 0 amide bonds. The maximum atomic E-state index is 7.64. The Morgan fingerprint density at radius 3 is 2.04 bits per heavy atom. The second-order valence-corrected chi connectivity index (χ2v) is 18.5. The number of nitrogens with two attached hydrogens (primary N) is 3. The van der Waals surface area contributed by atoms with Gasteiger partial charge in [-0.1, -0.05) is 51.1 Å². The first kappa shape index (κ1) is 45.0. The maximum Gasteiger partial charge on any atom is 0.185 e. The van der Waals surface area contributed by atoms with Crippen molar-refractivity contribution in [3.63, 3.8) is 0 Å². The Morgan fingerprint density at radius 1 is 0.789 bits per heavy atom. The molecule has 1 aromatic rings. The molecule has 4 aliphatic carbocycles. The third kappa shape index (κ3) is 11.8. The summed E-state index contributed by atoms with van der Waals surface area (Å²) in [5, 5.41) is 31.5. The second-order valence-electron chi connectivity index (χ2n) is 18.5. The fourth-order valence-electron chi connectivity index (χ4n) is 12.1. The summed E-state index contributed by atoms with van der Waals surface area (Å²) in [6.07, 6.45) is 13.3. The van der Waals surface area contributed by atoms with Gasteiger partial charge in [-0.15, -0.1) is 0 Å². The number of ether oxygens (including phenoxy) is 3. The van der Waals surface area contributed by atoms with Crippen LogP contribution in [0, 0.1) is 62.6 Å². The number of fused-ring (bicyclic) bond motifs is 5. The highest BCUT2D eigenvalue weighted by Gasteiger charge is 2.66. The lowest BCUT2D eigenvalue weighted by atomic mass is 9.43. The van der Waals surface area contributed by atoms with E-state index in [0.717, 1.165) is 64.5 Å². The molecule has 0 aromatic heterocycles. The first-order valence-corrected chi connectivity index (χ1v) is 22.1. The predicted octanol–water partition coefficient (Wildman–Crippen LogP) is 5.19. The zero-order valence-corrected chi connectivity index (χ0v) is 35.6. The molecule has 12 N–H and O–H groups in total. The van der Waals surface area contributed by atoms with E-state index in [9.17, 15) is 0 Å². The molecule has 0 bridgehead atoms. The predicted molar refractivity (Wildman–Crippen MR) is 230 cm³/mol. The van der Waals surface area contributed by atoms with Gasteiger partial charge in [0.1, 0.15) is 0 Å². The highest BCUT2D eigenvalue weighted by atomic mass is 16.5. The summed E-state index contributed by atoms with van der Waals surface area (Å²) >= 11 is 0. The van der Waals surface area contributed by atoms with E-state index in [4.69, 9.17) is 47.6 Å². The Balaban J connectivity index is 1.34. The fraction of sp³-hybridized carbons (Fsp3) is 0.795. The molecule has 4 fully saturated rings. The number of hydrogen-bond donors (Lipinski definition) is 9. The van der Waals surface area contributed by atoms with Gasteiger partial charge in [0.25, 0.3) is 0 Å². The van der Waals surface area contributed by atoms with Crippen LogP contribution in [0.25, 0.3) is 0 Å². The van der Waals surface area contributed by atoms with Gasteiger partial charge in [0.15, 0.2) is 17.9 Å². The molecular formula is C44H78N10O3. The molecular weight excluding hydrogens is 717 g/mol. The summed E-state index contributed by atoms with van der Waals surface area (Å²) in [5.41, 5.74) is 18.3. The minimum atomic E-state index is 0.00676. The van der Waals surface area contributed by atoms with E-state index in [-0.39, 0.29) is 47.0 Å². The third-order valence-corrected chi connectivity index (χ3v) is 14.9. The Labute approximate surface area is 343 Å². The van der Waals surface area contributed by atoms with Crippen molar-refractivity contribution < 1.29 is 14.2 Å². The summed E-state index contributed by atoms with van der Waals surface area (Å²) in [6, 6.07) is 10.8. The Bertz CT molecular complexity index is 1420. The first-order chi connectivity index (χ1) is 27.3. The molecule has 0 spiro atoms. The lowest BCUT2D eigenvalue weighted by Crippen LogP contribution is -2.63. The highest BCUT2D eigenvalue weighted by molar-refractivity contribution is 5.74. The van der Waals surface area contributed by atoms with Crippen LogP contribution in [0.1, 0.15) is 103 Å². The van der Waals surface area contributed by atoms with E-state index in [1.807, 2.05) is 0 Å². The topological polar surface area (TPSA) is 217 Å². The van der Waals surface area contributed by atoms with E-state index < -0.39 is 0 Å². The number of nitrogens with zero attached hydrogens (tertiary/aromatic N) is 1. The standard InChI is InChI=1S/C44H78N10O3/c1-30(12-8-22-54(4)29-31-13-6-5-7-14-31)34-15-16-35-39-36(28-38(44(34,35)3)57-25-11-21-53-42(49)50)43(2)18-17-33(55-23-9-19-51-40(45)46)26-32(43)27-37(39)56-24-10-20-52-41(47)48/h5-7,13-14,30,32-39H,8-12,15-29H2,1-4H3,(H4,45,46,51)(H4,47,48,52)(H4,49,50,53)/t30-,32?,33-,34?,35+,36+,37-,38+,39?,43?,44?/m1/s1. The van der Waals surface area contributed by atoms with Gasteiger partial charge in [-0.3, -0.25) is 16.2 Å². The average molecular weight is 795 g/mol. The van der Waals surface area contributed by atoms with Gasteiger partial charge in [-0.25, -0.2) is 0 Å². The van der Waals surface area contributed by atoms with E-state index in [1.165, 1.54) is 31.2 Å². The molecule has 322 valence electrons. The normalized spacial score (nSPS) is 32.4. The van der Waals surface area contributed by atoms with Gasteiger partial charge in [-0.05, 0) is 137 Å². The van der Waals surface area contributed by atoms with Gasteiger partial charge in [0, 0.05) is 51.4 Å². The molecule has 5 unspecified atom stereocenters. The lowest BCUT2D eigenvalue weighted by Gasteiger charge is -2.65. The fourth-order valence-corrected chi connectivity index (χ4v) is 12.1. The van der Waals surface area contributed by atoms with Crippen molar-refractivity contribution in [2.45, 2.75) is 123 Å². The minimum absolute atomic E-state index is 0.00676. The van der Waals surface area contributed by atoms with Gasteiger partial charge in [0.05, 0.1) is 18.3 Å². The van der Waals surface area contributed by atoms with E-state index in [2.05, 4.69) is 79.0 Å². The number of hydrogen-bond acceptors (Lipinski definition) is 7. The van der Waals surface area contributed by atoms with Crippen LogP contribution in [0.2, 0.25) is 0 Å². The van der Waals surface area contributed by atoms with Crippen LogP contribution in [0.3, 0.4) is 0 Å². The number of nitrogens with one attached hydrogen (secondary N) is 6. The third-order valence-electron chi connectivity index (χ3n) is 14.9. The van der Waals surface area contributed by atoms with Crippen LogP contribution in [0.4, 0.5) is 0 Å². The first-order valence-electron chi connectivity index (χ1n) is 22.1. The average Bonchev–Trinajstić information content (AvgIpc) is 3.52. The SMILES string of the molecule is C[C@H](CCCN(C)Cc1ccccc1)C1CC[C@H]2C3[C@H](OCCCNC(=N)N)CC4C[C@H](OCCCNC(=N)N)CCC4(C)[C@H]3C[C@H](OCCCNC(=N)N)C12C. The van der Waals surface area contributed by atoms with Crippen LogP contribution in [0.15, 0.2) is 30.3 Å². The number of benzene rings is 1. The molecule has 11 atom stereocenters. The maximum absolute atomic E-state index is 7.64. The summed E-state index contributed by atoms with van der Waals surface area (Å²) in [5.74, 6) is 3.19. The van der Waals surface area contributed by atoms with Gasteiger partial charge in [-0.2, -0.15) is 0 Å². The Morgan fingerprint density at radius 2 is 1.40 bits per heavy atom. The van der Waals surface area contributed by atoms with Crippen LogP contribution < -0.4 is 33.2 Å². The van der Waals surface area contributed by atoms with Crippen molar-refractivity contribution in [1.82, 2.24) is 20.9 Å². The Kier molecular flexibility index (Phi) is 16.7. The molecule has 0 radical (unpaired) electrons. The van der Waals surface area contributed by atoms with Gasteiger partial charge >= 0.3 is 0 Å². The van der Waals surface area contributed by atoms with Gasteiger partial charge < -0.3 is 52.3 Å². The summed E-state index contributed by atoms with van der Waals surface area (Å²) in [6.45, 7) is 13.7. The van der Waals surface area contributed by atoms with Crippen LogP contribution in [-0.4, -0.2) is 94.1 Å². The van der Waals surface area contributed by atoms with Gasteiger partial charge in [0.2, 0.25) is 0 Å². The molecule has 4 aliphatic rings. The number of guanidine groups is 3. The lowest BCUT2D eigenvalue weighted by molar-refractivity contribution is -0.227. The van der Waals surface area contributed by atoms with Crippen LogP contribution >= 0.6 is 0 Å². The van der Waals surface area contributed by atoms with Crippen molar-refractivity contribution >= 4 is 17.9 Å².